The van der Waals surface area contributed by atoms with Gasteiger partial charge in [-0.3, -0.25) is 4.79 Å². The average molecular weight is 324 g/mol. The lowest BCUT2D eigenvalue weighted by atomic mass is 9.93. The van der Waals surface area contributed by atoms with Crippen LogP contribution in [0.3, 0.4) is 0 Å². The normalized spacial score (nSPS) is 15.5. The van der Waals surface area contributed by atoms with Crippen molar-refractivity contribution in [3.63, 3.8) is 0 Å². The van der Waals surface area contributed by atoms with E-state index in [0.717, 1.165) is 49.0 Å². The molecule has 1 saturated heterocycles. The first-order valence-corrected chi connectivity index (χ1v) is 8.49. The number of carbonyl (C=O) groups excluding carboxylic acids is 1. The van der Waals surface area contributed by atoms with E-state index in [0.29, 0.717) is 5.56 Å². The van der Waals surface area contributed by atoms with E-state index in [1.807, 2.05) is 30.3 Å². The second-order valence-electron chi connectivity index (χ2n) is 6.33. The van der Waals surface area contributed by atoms with Crippen LogP contribution in [0.5, 0.6) is 0 Å². The van der Waals surface area contributed by atoms with Crippen molar-refractivity contribution >= 4 is 11.7 Å². The smallest absolute Gasteiger partial charge is 0.248 e. The van der Waals surface area contributed by atoms with E-state index < -0.39 is 5.91 Å². The third kappa shape index (κ3) is 3.74. The van der Waals surface area contributed by atoms with Gasteiger partial charge in [0.2, 0.25) is 5.91 Å². The van der Waals surface area contributed by atoms with Crippen molar-refractivity contribution in [3.8, 4) is 11.3 Å². The van der Waals surface area contributed by atoms with Crippen molar-refractivity contribution in [1.82, 2.24) is 4.98 Å². The molecule has 0 unspecified atom stereocenters. The number of piperidine rings is 1. The maximum Gasteiger partial charge on any atom is 0.248 e. The molecule has 1 aromatic carbocycles. The van der Waals surface area contributed by atoms with Gasteiger partial charge >= 0.3 is 0 Å². The molecular formula is C19H24N4O. The molecule has 126 valence electrons. The van der Waals surface area contributed by atoms with Gasteiger partial charge in [-0.15, -0.1) is 0 Å². The fraction of sp³-hybridized carbons (Fsp3) is 0.368. The number of nitrogens with two attached hydrogens (primary N) is 2. The summed E-state index contributed by atoms with van der Waals surface area (Å²) >= 11 is 0. The van der Waals surface area contributed by atoms with E-state index in [4.69, 9.17) is 16.5 Å². The molecule has 0 aliphatic carbocycles. The van der Waals surface area contributed by atoms with Crippen LogP contribution >= 0.6 is 0 Å². The van der Waals surface area contributed by atoms with Crippen molar-refractivity contribution in [2.45, 2.75) is 19.3 Å². The Morgan fingerprint density at radius 2 is 1.92 bits per heavy atom. The van der Waals surface area contributed by atoms with Crippen molar-refractivity contribution < 1.29 is 4.79 Å². The highest BCUT2D eigenvalue weighted by Crippen LogP contribution is 2.26. The molecule has 2 heterocycles. The molecule has 1 aliphatic heterocycles. The largest absolute Gasteiger partial charge is 0.366 e. The average Bonchev–Trinajstić information content (AvgIpc) is 2.63. The lowest BCUT2D eigenvalue weighted by molar-refractivity contribution is 0.100. The predicted molar refractivity (Wildman–Crippen MR) is 96.8 cm³/mol. The molecule has 0 bridgehead atoms. The Hall–Kier alpha value is -2.40. The molecule has 2 aromatic rings. The minimum absolute atomic E-state index is 0.421. The van der Waals surface area contributed by atoms with Gasteiger partial charge in [0.1, 0.15) is 5.82 Å². The number of primary amides is 1. The van der Waals surface area contributed by atoms with E-state index in [1.165, 1.54) is 12.8 Å². The lowest BCUT2D eigenvalue weighted by Gasteiger charge is -2.32. The fourth-order valence-electron chi connectivity index (χ4n) is 3.28. The minimum Gasteiger partial charge on any atom is -0.366 e. The zero-order chi connectivity index (χ0) is 16.9. The molecule has 1 amide bonds. The van der Waals surface area contributed by atoms with Crippen LogP contribution in [0.2, 0.25) is 0 Å². The van der Waals surface area contributed by atoms with Gasteiger partial charge in [0, 0.05) is 24.2 Å². The highest BCUT2D eigenvalue weighted by Gasteiger charge is 2.19. The van der Waals surface area contributed by atoms with Crippen LogP contribution in [0.4, 0.5) is 5.82 Å². The van der Waals surface area contributed by atoms with E-state index in [1.54, 1.807) is 12.1 Å². The van der Waals surface area contributed by atoms with E-state index in [9.17, 15) is 4.79 Å². The van der Waals surface area contributed by atoms with Gasteiger partial charge in [-0.25, -0.2) is 4.98 Å². The van der Waals surface area contributed by atoms with Crippen molar-refractivity contribution in [3.05, 3.63) is 48.0 Å². The molecule has 4 N–H and O–H groups in total. The van der Waals surface area contributed by atoms with Crippen LogP contribution in [0.1, 0.15) is 29.6 Å². The second kappa shape index (κ2) is 7.45. The zero-order valence-corrected chi connectivity index (χ0v) is 13.8. The SMILES string of the molecule is NCCC1CCN(c2cccc(-c3cccc(C(N)=O)c3)n2)CC1. The maximum absolute atomic E-state index is 11.4. The summed E-state index contributed by atoms with van der Waals surface area (Å²) < 4.78 is 0. The number of anilines is 1. The fourth-order valence-corrected chi connectivity index (χ4v) is 3.28. The van der Waals surface area contributed by atoms with Gasteiger partial charge < -0.3 is 16.4 Å². The highest BCUT2D eigenvalue weighted by atomic mass is 16.1. The predicted octanol–water partition coefficient (Wildman–Crippen LogP) is 2.41. The molecule has 0 spiro atoms. The van der Waals surface area contributed by atoms with Crippen LogP contribution < -0.4 is 16.4 Å². The summed E-state index contributed by atoms with van der Waals surface area (Å²) in [6.07, 6.45) is 3.45. The van der Waals surface area contributed by atoms with Crippen molar-refractivity contribution in [2.24, 2.45) is 17.4 Å². The third-order valence-electron chi connectivity index (χ3n) is 4.69. The Morgan fingerprint density at radius 1 is 1.17 bits per heavy atom. The molecule has 0 saturated carbocycles. The number of hydrogen-bond acceptors (Lipinski definition) is 4. The monoisotopic (exact) mass is 324 g/mol. The number of aromatic nitrogens is 1. The Kier molecular flexibility index (Phi) is 5.11. The van der Waals surface area contributed by atoms with Gasteiger partial charge in [-0.2, -0.15) is 0 Å². The van der Waals surface area contributed by atoms with Crippen LogP contribution in [-0.2, 0) is 0 Å². The third-order valence-corrected chi connectivity index (χ3v) is 4.69. The summed E-state index contributed by atoms with van der Waals surface area (Å²) in [7, 11) is 0. The van der Waals surface area contributed by atoms with Crippen molar-refractivity contribution in [2.75, 3.05) is 24.5 Å². The van der Waals surface area contributed by atoms with E-state index in [2.05, 4.69) is 4.90 Å². The molecule has 0 atom stereocenters. The molecule has 1 aromatic heterocycles. The molecule has 24 heavy (non-hydrogen) atoms. The molecule has 1 fully saturated rings. The summed E-state index contributed by atoms with van der Waals surface area (Å²) in [5, 5.41) is 0. The van der Waals surface area contributed by atoms with Gasteiger partial charge in [0.15, 0.2) is 0 Å². The zero-order valence-electron chi connectivity index (χ0n) is 13.8. The molecule has 5 nitrogen and oxygen atoms in total. The standard InChI is InChI=1S/C19H24N4O/c20-10-7-14-8-11-23(12-9-14)18-6-2-5-17(22-18)15-3-1-4-16(13-15)19(21)24/h1-6,13-14H,7-12,20H2,(H2,21,24). The van der Waals surface area contributed by atoms with E-state index >= 15 is 0 Å². The summed E-state index contributed by atoms with van der Waals surface area (Å²) in [4.78, 5) is 18.5. The first-order valence-electron chi connectivity index (χ1n) is 8.49. The Balaban J connectivity index is 1.78. The minimum atomic E-state index is -0.421. The lowest BCUT2D eigenvalue weighted by Crippen LogP contribution is -2.34. The Bertz CT molecular complexity index is 708. The quantitative estimate of drug-likeness (QED) is 0.884. The van der Waals surface area contributed by atoms with Gasteiger partial charge in [0.05, 0.1) is 5.69 Å². The first-order chi connectivity index (χ1) is 11.7. The first kappa shape index (κ1) is 16.5. The van der Waals surface area contributed by atoms with Gasteiger partial charge in [-0.1, -0.05) is 18.2 Å². The number of hydrogen-bond donors (Lipinski definition) is 2. The second-order valence-corrected chi connectivity index (χ2v) is 6.33. The Labute approximate surface area is 142 Å². The number of benzene rings is 1. The maximum atomic E-state index is 11.4. The van der Waals surface area contributed by atoms with Crippen molar-refractivity contribution in [1.29, 1.82) is 0 Å². The van der Waals surface area contributed by atoms with Crippen LogP contribution in [0, 0.1) is 5.92 Å². The summed E-state index contributed by atoms with van der Waals surface area (Å²) in [5.74, 6) is 1.31. The van der Waals surface area contributed by atoms with Gasteiger partial charge in [-0.05, 0) is 56.0 Å². The highest BCUT2D eigenvalue weighted by molar-refractivity contribution is 5.94. The molecular weight excluding hydrogens is 300 g/mol. The van der Waals surface area contributed by atoms with Gasteiger partial charge in [0.25, 0.3) is 0 Å². The topological polar surface area (TPSA) is 85.2 Å². The van der Waals surface area contributed by atoms with Crippen LogP contribution in [0.25, 0.3) is 11.3 Å². The van der Waals surface area contributed by atoms with E-state index in [-0.39, 0.29) is 0 Å². The number of pyridine rings is 1. The molecule has 0 radical (unpaired) electrons. The summed E-state index contributed by atoms with van der Waals surface area (Å²) in [6.45, 7) is 2.81. The number of nitrogens with zero attached hydrogens (tertiary/aromatic N) is 2. The summed E-state index contributed by atoms with van der Waals surface area (Å²) in [5.41, 5.74) is 13.3. The van der Waals surface area contributed by atoms with Crippen LogP contribution in [0.15, 0.2) is 42.5 Å². The molecule has 5 heteroatoms. The van der Waals surface area contributed by atoms with Crippen LogP contribution in [-0.4, -0.2) is 30.5 Å². The molecule has 3 rings (SSSR count). The number of amides is 1. The molecule has 1 aliphatic rings. The number of rotatable bonds is 5. The number of carbonyl (C=O) groups is 1. The summed E-state index contributed by atoms with van der Waals surface area (Å²) in [6, 6.07) is 13.3. The Morgan fingerprint density at radius 3 is 2.62 bits per heavy atom.